The Labute approximate surface area is 141 Å². The van der Waals surface area contributed by atoms with Gasteiger partial charge in [0.2, 0.25) is 0 Å². The van der Waals surface area contributed by atoms with Crippen LogP contribution >= 0.6 is 0 Å². The first-order valence-corrected chi connectivity index (χ1v) is 7.67. The van der Waals surface area contributed by atoms with Crippen LogP contribution in [0.15, 0.2) is 54.6 Å². The van der Waals surface area contributed by atoms with Crippen molar-refractivity contribution >= 4 is 11.9 Å². The van der Waals surface area contributed by atoms with Crippen molar-refractivity contribution in [1.29, 1.82) is 0 Å². The van der Waals surface area contributed by atoms with Crippen molar-refractivity contribution in [2.24, 2.45) is 0 Å². The fraction of sp³-hybridized carbons (Fsp3) is 0.263. The minimum atomic E-state index is -1.33. The van der Waals surface area contributed by atoms with Crippen molar-refractivity contribution in [2.75, 3.05) is 6.61 Å². The largest absolute Gasteiger partial charge is 0.483 e. The highest BCUT2D eigenvalue weighted by Crippen LogP contribution is 2.21. The van der Waals surface area contributed by atoms with E-state index in [0.717, 1.165) is 11.1 Å². The molecule has 2 aromatic carbocycles. The summed E-state index contributed by atoms with van der Waals surface area (Å²) in [5.74, 6) is -0.957. The summed E-state index contributed by atoms with van der Waals surface area (Å²) in [4.78, 5) is 22.9. The lowest BCUT2D eigenvalue weighted by Gasteiger charge is -2.21. The second-order valence-corrected chi connectivity index (χ2v) is 6.04. The van der Waals surface area contributed by atoms with Gasteiger partial charge in [0.15, 0.2) is 6.61 Å². The van der Waals surface area contributed by atoms with Gasteiger partial charge in [-0.25, -0.2) is 4.79 Å². The Kier molecular flexibility index (Phi) is 5.58. The van der Waals surface area contributed by atoms with Crippen molar-refractivity contribution in [3.05, 3.63) is 65.7 Å². The molecule has 0 saturated heterocycles. The van der Waals surface area contributed by atoms with Crippen molar-refractivity contribution in [3.8, 4) is 5.75 Å². The van der Waals surface area contributed by atoms with E-state index in [2.05, 4.69) is 5.32 Å². The Hall–Kier alpha value is -2.82. The fourth-order valence-electron chi connectivity index (χ4n) is 2.19. The van der Waals surface area contributed by atoms with Gasteiger partial charge in [-0.15, -0.1) is 0 Å². The first-order chi connectivity index (χ1) is 11.4. The predicted molar refractivity (Wildman–Crippen MR) is 91.0 cm³/mol. The predicted octanol–water partition coefficient (Wildman–Crippen LogP) is 2.64. The molecule has 0 aliphatic rings. The summed E-state index contributed by atoms with van der Waals surface area (Å²) in [7, 11) is 0. The molecule has 24 heavy (non-hydrogen) atoms. The number of hydrogen-bond donors (Lipinski definition) is 2. The van der Waals surface area contributed by atoms with Gasteiger partial charge in [0.1, 0.15) is 11.3 Å². The Morgan fingerprint density at radius 1 is 1.04 bits per heavy atom. The Morgan fingerprint density at radius 3 is 2.33 bits per heavy atom. The SMILES string of the molecule is CC(C)(NC(=O)COc1ccccc1Cc1ccccc1)C(=O)O. The molecule has 0 aliphatic heterocycles. The number of hydrogen-bond acceptors (Lipinski definition) is 3. The molecule has 0 saturated carbocycles. The van der Waals surface area contributed by atoms with Gasteiger partial charge in [-0.1, -0.05) is 48.5 Å². The lowest BCUT2D eigenvalue weighted by atomic mass is 10.0. The van der Waals surface area contributed by atoms with Crippen LogP contribution in [0, 0.1) is 0 Å². The second-order valence-electron chi connectivity index (χ2n) is 6.04. The summed E-state index contributed by atoms with van der Waals surface area (Å²) in [6.07, 6.45) is 0.694. The fourth-order valence-corrected chi connectivity index (χ4v) is 2.19. The first-order valence-electron chi connectivity index (χ1n) is 7.67. The lowest BCUT2D eigenvalue weighted by molar-refractivity contribution is -0.146. The zero-order valence-electron chi connectivity index (χ0n) is 13.8. The summed E-state index contributed by atoms with van der Waals surface area (Å²) >= 11 is 0. The maximum atomic E-state index is 11.9. The Bertz CT molecular complexity index is 710. The summed E-state index contributed by atoms with van der Waals surface area (Å²) in [5, 5.41) is 11.5. The molecule has 5 nitrogen and oxygen atoms in total. The van der Waals surface area contributed by atoms with Gasteiger partial charge < -0.3 is 15.2 Å². The number of carboxylic acid groups (broad SMARTS) is 1. The van der Waals surface area contributed by atoms with Crippen LogP contribution in [0.25, 0.3) is 0 Å². The first kappa shape index (κ1) is 17.5. The number of carbonyl (C=O) groups is 2. The Balaban J connectivity index is 2.00. The van der Waals surface area contributed by atoms with E-state index in [4.69, 9.17) is 9.84 Å². The van der Waals surface area contributed by atoms with E-state index in [1.807, 2.05) is 48.5 Å². The molecule has 0 unspecified atom stereocenters. The minimum Gasteiger partial charge on any atom is -0.483 e. The van der Waals surface area contributed by atoms with E-state index in [0.29, 0.717) is 12.2 Å². The molecular formula is C19H21NO4. The van der Waals surface area contributed by atoms with Gasteiger partial charge in [0, 0.05) is 6.42 Å². The molecule has 0 aliphatic carbocycles. The molecule has 0 spiro atoms. The average molecular weight is 327 g/mol. The zero-order chi connectivity index (χ0) is 17.6. The molecule has 1 amide bonds. The quantitative estimate of drug-likeness (QED) is 0.820. The molecule has 0 fully saturated rings. The van der Waals surface area contributed by atoms with Crippen LogP contribution in [0.1, 0.15) is 25.0 Å². The summed E-state index contributed by atoms with van der Waals surface area (Å²) in [5.41, 5.74) is 0.781. The molecule has 5 heteroatoms. The van der Waals surface area contributed by atoms with Crippen LogP contribution in [-0.4, -0.2) is 29.1 Å². The topological polar surface area (TPSA) is 75.6 Å². The third-order valence-electron chi connectivity index (χ3n) is 3.56. The minimum absolute atomic E-state index is 0.234. The van der Waals surface area contributed by atoms with Crippen LogP contribution in [-0.2, 0) is 16.0 Å². The van der Waals surface area contributed by atoms with E-state index >= 15 is 0 Å². The van der Waals surface area contributed by atoms with Gasteiger partial charge in [0.25, 0.3) is 5.91 Å². The molecular weight excluding hydrogens is 306 g/mol. The molecule has 0 atom stereocenters. The van der Waals surface area contributed by atoms with Crippen molar-refractivity contribution in [3.63, 3.8) is 0 Å². The standard InChI is InChI=1S/C19H21NO4/c1-19(2,18(22)23)20-17(21)13-24-16-11-7-6-10-15(16)12-14-8-4-3-5-9-14/h3-11H,12-13H2,1-2H3,(H,20,21)(H,22,23). The summed E-state index contributed by atoms with van der Waals surface area (Å²) in [6.45, 7) is 2.62. The smallest absolute Gasteiger partial charge is 0.328 e. The normalized spacial score (nSPS) is 10.9. The number of carbonyl (C=O) groups excluding carboxylic acids is 1. The van der Waals surface area contributed by atoms with Gasteiger partial charge in [-0.2, -0.15) is 0 Å². The van der Waals surface area contributed by atoms with E-state index < -0.39 is 17.4 Å². The van der Waals surface area contributed by atoms with Crippen LogP contribution in [0.3, 0.4) is 0 Å². The highest BCUT2D eigenvalue weighted by molar-refractivity contribution is 5.86. The number of para-hydroxylation sites is 1. The number of benzene rings is 2. The maximum Gasteiger partial charge on any atom is 0.328 e. The van der Waals surface area contributed by atoms with Crippen molar-refractivity contribution in [2.45, 2.75) is 25.8 Å². The van der Waals surface area contributed by atoms with Crippen molar-refractivity contribution in [1.82, 2.24) is 5.32 Å². The van der Waals surface area contributed by atoms with Crippen LogP contribution in [0.5, 0.6) is 5.75 Å². The number of carboxylic acids is 1. The Morgan fingerprint density at radius 2 is 1.67 bits per heavy atom. The number of rotatable bonds is 7. The van der Waals surface area contributed by atoms with E-state index in [1.165, 1.54) is 13.8 Å². The van der Waals surface area contributed by atoms with Crippen LogP contribution < -0.4 is 10.1 Å². The molecule has 2 rings (SSSR count). The number of aliphatic carboxylic acids is 1. The third-order valence-corrected chi connectivity index (χ3v) is 3.56. The molecule has 0 aromatic heterocycles. The molecule has 126 valence electrons. The number of amides is 1. The van der Waals surface area contributed by atoms with Gasteiger partial charge in [-0.05, 0) is 31.0 Å². The van der Waals surface area contributed by atoms with Gasteiger partial charge in [0.05, 0.1) is 0 Å². The third kappa shape index (κ3) is 4.84. The maximum absolute atomic E-state index is 11.9. The molecule has 2 aromatic rings. The number of ether oxygens (including phenoxy) is 1. The molecule has 0 heterocycles. The van der Waals surface area contributed by atoms with Crippen LogP contribution in [0.4, 0.5) is 0 Å². The summed E-state index contributed by atoms with van der Waals surface area (Å²) < 4.78 is 5.59. The zero-order valence-corrected chi connectivity index (χ0v) is 13.8. The van der Waals surface area contributed by atoms with E-state index in [-0.39, 0.29) is 6.61 Å². The van der Waals surface area contributed by atoms with Crippen LogP contribution in [0.2, 0.25) is 0 Å². The van der Waals surface area contributed by atoms with E-state index in [1.54, 1.807) is 6.07 Å². The average Bonchev–Trinajstić information content (AvgIpc) is 2.54. The van der Waals surface area contributed by atoms with Gasteiger partial charge in [-0.3, -0.25) is 4.79 Å². The molecule has 0 bridgehead atoms. The summed E-state index contributed by atoms with van der Waals surface area (Å²) in [6, 6.07) is 17.5. The molecule has 0 radical (unpaired) electrons. The van der Waals surface area contributed by atoms with Gasteiger partial charge >= 0.3 is 5.97 Å². The molecule has 2 N–H and O–H groups in total. The highest BCUT2D eigenvalue weighted by atomic mass is 16.5. The van der Waals surface area contributed by atoms with E-state index in [9.17, 15) is 9.59 Å². The lowest BCUT2D eigenvalue weighted by Crippen LogP contribution is -2.51. The number of nitrogens with one attached hydrogen (secondary N) is 1. The van der Waals surface area contributed by atoms with Crippen molar-refractivity contribution < 1.29 is 19.4 Å². The monoisotopic (exact) mass is 327 g/mol. The second kappa shape index (κ2) is 7.64. The highest BCUT2D eigenvalue weighted by Gasteiger charge is 2.28.